The number of carbonyl (C=O) groups is 1. The van der Waals surface area contributed by atoms with Gasteiger partial charge in [0.15, 0.2) is 0 Å². The van der Waals surface area contributed by atoms with Gasteiger partial charge in [0.2, 0.25) is 10.0 Å². The lowest BCUT2D eigenvalue weighted by Crippen LogP contribution is -2.50. The summed E-state index contributed by atoms with van der Waals surface area (Å²) in [7, 11) is -3.53. The van der Waals surface area contributed by atoms with E-state index in [9.17, 15) is 13.2 Å². The minimum Gasteiger partial charge on any atom is -0.336 e. The minimum absolute atomic E-state index is 0.0429. The number of hydrogen-bond acceptors (Lipinski definition) is 4. The number of amides is 1. The smallest absolute Gasteiger partial charge is 0.253 e. The molecule has 1 saturated heterocycles. The highest BCUT2D eigenvalue weighted by atomic mass is 79.9. The molecule has 1 fully saturated rings. The minimum atomic E-state index is -3.53. The van der Waals surface area contributed by atoms with Crippen LogP contribution in [0.25, 0.3) is 0 Å². The molecule has 2 aromatic carbocycles. The summed E-state index contributed by atoms with van der Waals surface area (Å²) < 4.78 is 27.8. The van der Waals surface area contributed by atoms with Crippen LogP contribution in [0.1, 0.15) is 15.9 Å². The van der Waals surface area contributed by atoms with Crippen LogP contribution in [0.3, 0.4) is 0 Å². The molecule has 2 aromatic rings. The number of hydrogen-bond donors (Lipinski definition) is 0. The van der Waals surface area contributed by atoms with Gasteiger partial charge in [-0.1, -0.05) is 28.1 Å². The highest BCUT2D eigenvalue weighted by molar-refractivity contribution is 9.10. The van der Waals surface area contributed by atoms with Crippen LogP contribution in [0.4, 0.5) is 0 Å². The molecule has 0 spiro atoms. The Morgan fingerprint density at radius 3 is 2.37 bits per heavy atom. The van der Waals surface area contributed by atoms with Crippen LogP contribution < -0.4 is 0 Å². The van der Waals surface area contributed by atoms with Crippen molar-refractivity contribution in [2.45, 2.75) is 10.6 Å². The monoisotopic (exact) mass is 468 g/mol. The molecular weight excluding hydrogens is 448 g/mol. The maximum Gasteiger partial charge on any atom is 0.253 e. The van der Waals surface area contributed by atoms with E-state index in [0.29, 0.717) is 31.7 Å². The predicted molar refractivity (Wildman–Crippen MR) is 112 cm³/mol. The predicted octanol–water partition coefficient (Wildman–Crippen LogP) is 3.46. The number of rotatable bonds is 5. The lowest BCUT2D eigenvalue weighted by Gasteiger charge is -2.34. The normalized spacial score (nSPS) is 15.7. The number of thioether (sulfide) groups is 1. The van der Waals surface area contributed by atoms with Crippen molar-refractivity contribution in [1.29, 1.82) is 0 Å². The maximum atomic E-state index is 12.8. The summed E-state index contributed by atoms with van der Waals surface area (Å²) in [6.07, 6.45) is 2.03. The molecular formula is C19H21BrN2O3S2. The molecule has 3 rings (SSSR count). The Balaban J connectivity index is 1.67. The van der Waals surface area contributed by atoms with Gasteiger partial charge in [0, 0.05) is 42.0 Å². The maximum absolute atomic E-state index is 12.8. The van der Waals surface area contributed by atoms with E-state index in [4.69, 9.17) is 0 Å². The van der Waals surface area contributed by atoms with Gasteiger partial charge >= 0.3 is 0 Å². The first-order valence-corrected chi connectivity index (χ1v) is 12.2. The van der Waals surface area contributed by atoms with Gasteiger partial charge in [-0.3, -0.25) is 4.79 Å². The first-order valence-electron chi connectivity index (χ1n) is 8.54. The van der Waals surface area contributed by atoms with E-state index >= 15 is 0 Å². The van der Waals surface area contributed by atoms with Crippen LogP contribution in [0.5, 0.6) is 0 Å². The van der Waals surface area contributed by atoms with Gasteiger partial charge < -0.3 is 4.90 Å². The van der Waals surface area contributed by atoms with Crippen molar-refractivity contribution in [3.05, 3.63) is 64.1 Å². The Hall–Kier alpha value is -1.35. The van der Waals surface area contributed by atoms with E-state index in [0.717, 1.165) is 15.8 Å². The SMILES string of the molecule is CSCc1cccc(C(=O)N2CCN(S(=O)(=O)c3ccc(Br)cc3)CC2)c1. The summed E-state index contributed by atoms with van der Waals surface area (Å²) in [4.78, 5) is 14.8. The fourth-order valence-electron chi connectivity index (χ4n) is 3.03. The van der Waals surface area contributed by atoms with Crippen LogP contribution in [-0.4, -0.2) is 56.0 Å². The molecule has 0 saturated carbocycles. The van der Waals surface area contributed by atoms with Gasteiger partial charge in [0.25, 0.3) is 5.91 Å². The third-order valence-corrected chi connectivity index (χ3v) is 7.53. The zero-order valence-electron chi connectivity index (χ0n) is 15.0. The Morgan fingerprint density at radius 1 is 1.07 bits per heavy atom. The number of sulfonamides is 1. The van der Waals surface area contributed by atoms with Gasteiger partial charge in [0.1, 0.15) is 0 Å². The highest BCUT2D eigenvalue weighted by Gasteiger charge is 2.30. The average Bonchev–Trinajstić information content (AvgIpc) is 2.68. The Labute approximate surface area is 172 Å². The van der Waals surface area contributed by atoms with Gasteiger partial charge in [-0.2, -0.15) is 16.1 Å². The molecule has 0 atom stereocenters. The van der Waals surface area contributed by atoms with Crippen molar-refractivity contribution in [3.8, 4) is 0 Å². The Kier molecular flexibility index (Phi) is 6.62. The number of piperazine rings is 1. The zero-order valence-corrected chi connectivity index (χ0v) is 18.2. The van der Waals surface area contributed by atoms with Crippen molar-refractivity contribution < 1.29 is 13.2 Å². The molecule has 5 nitrogen and oxygen atoms in total. The van der Waals surface area contributed by atoms with Gasteiger partial charge in [-0.25, -0.2) is 8.42 Å². The van der Waals surface area contributed by atoms with E-state index in [2.05, 4.69) is 15.9 Å². The first-order chi connectivity index (χ1) is 12.9. The zero-order chi connectivity index (χ0) is 19.4. The van der Waals surface area contributed by atoms with Crippen molar-refractivity contribution in [1.82, 2.24) is 9.21 Å². The average molecular weight is 469 g/mol. The number of halogens is 1. The van der Waals surface area contributed by atoms with Crippen molar-refractivity contribution in [2.24, 2.45) is 0 Å². The molecule has 1 heterocycles. The molecule has 0 aromatic heterocycles. The fraction of sp³-hybridized carbons (Fsp3) is 0.316. The third kappa shape index (κ3) is 4.74. The second-order valence-corrected chi connectivity index (χ2v) is 10.0. The Bertz CT molecular complexity index is 909. The lowest BCUT2D eigenvalue weighted by molar-refractivity contribution is 0.0698. The van der Waals surface area contributed by atoms with Gasteiger partial charge in [0.05, 0.1) is 4.90 Å². The molecule has 0 radical (unpaired) electrons. The fourth-order valence-corrected chi connectivity index (χ4v) is 5.23. The summed E-state index contributed by atoms with van der Waals surface area (Å²) in [6.45, 7) is 1.38. The summed E-state index contributed by atoms with van der Waals surface area (Å²) in [5, 5.41) is 0. The van der Waals surface area contributed by atoms with Crippen LogP contribution in [0.15, 0.2) is 57.9 Å². The summed E-state index contributed by atoms with van der Waals surface area (Å²) in [5.41, 5.74) is 1.77. The van der Waals surface area contributed by atoms with E-state index in [-0.39, 0.29) is 10.8 Å². The van der Waals surface area contributed by atoms with Crippen LogP contribution in [0, 0.1) is 0 Å². The van der Waals surface area contributed by atoms with Crippen LogP contribution in [0.2, 0.25) is 0 Å². The van der Waals surface area contributed by atoms with Gasteiger partial charge in [-0.15, -0.1) is 0 Å². The molecule has 1 aliphatic heterocycles. The molecule has 1 amide bonds. The molecule has 8 heteroatoms. The van der Waals surface area contributed by atoms with E-state index in [1.807, 2.05) is 30.5 Å². The second kappa shape index (κ2) is 8.77. The summed E-state index contributed by atoms with van der Waals surface area (Å²) in [5.74, 6) is 0.819. The van der Waals surface area contributed by atoms with E-state index < -0.39 is 10.0 Å². The largest absolute Gasteiger partial charge is 0.336 e. The molecule has 144 valence electrons. The quantitative estimate of drug-likeness (QED) is 0.673. The third-order valence-electron chi connectivity index (χ3n) is 4.46. The summed E-state index contributed by atoms with van der Waals surface area (Å²) in [6, 6.07) is 14.3. The molecule has 0 unspecified atom stereocenters. The molecule has 0 N–H and O–H groups in total. The highest BCUT2D eigenvalue weighted by Crippen LogP contribution is 2.21. The topological polar surface area (TPSA) is 57.7 Å². The number of benzene rings is 2. The van der Waals surface area contributed by atoms with Crippen LogP contribution >= 0.6 is 27.7 Å². The summed E-state index contributed by atoms with van der Waals surface area (Å²) >= 11 is 5.03. The standard InChI is InChI=1S/C19H21BrN2O3S2/c1-26-14-15-3-2-4-16(13-15)19(23)21-9-11-22(12-10-21)27(24,25)18-7-5-17(20)6-8-18/h2-8,13H,9-12,14H2,1H3. The lowest BCUT2D eigenvalue weighted by atomic mass is 10.1. The first kappa shape index (κ1) is 20.4. The van der Waals surface area contributed by atoms with Gasteiger partial charge in [-0.05, 0) is 48.2 Å². The molecule has 27 heavy (non-hydrogen) atoms. The van der Waals surface area contributed by atoms with E-state index in [1.54, 1.807) is 40.9 Å². The van der Waals surface area contributed by atoms with Crippen molar-refractivity contribution in [2.75, 3.05) is 32.4 Å². The molecule has 1 aliphatic rings. The van der Waals surface area contributed by atoms with E-state index in [1.165, 1.54) is 4.31 Å². The van der Waals surface area contributed by atoms with Crippen molar-refractivity contribution in [3.63, 3.8) is 0 Å². The van der Waals surface area contributed by atoms with Crippen LogP contribution in [-0.2, 0) is 15.8 Å². The number of carbonyl (C=O) groups excluding carboxylic acids is 1. The molecule has 0 bridgehead atoms. The Morgan fingerprint density at radius 2 is 1.74 bits per heavy atom. The second-order valence-electron chi connectivity index (χ2n) is 6.28. The number of nitrogens with zero attached hydrogens (tertiary/aromatic N) is 2. The molecule has 0 aliphatic carbocycles. The van der Waals surface area contributed by atoms with Crippen molar-refractivity contribution >= 4 is 43.6 Å².